The number of alkyl halides is 3. The second kappa shape index (κ2) is 7.41. The zero-order valence-electron chi connectivity index (χ0n) is 18.8. The Balaban J connectivity index is 1.50. The van der Waals surface area contributed by atoms with E-state index in [2.05, 4.69) is 27.7 Å². The number of aliphatic hydroxyl groups excluding tert-OH is 1. The van der Waals surface area contributed by atoms with Gasteiger partial charge in [0.2, 0.25) is 0 Å². The minimum absolute atomic E-state index is 0.113. The third kappa shape index (κ3) is 3.57. The van der Waals surface area contributed by atoms with Crippen LogP contribution in [0.5, 0.6) is 0 Å². The summed E-state index contributed by atoms with van der Waals surface area (Å²) in [5.41, 5.74) is 0.435. The fourth-order valence-corrected chi connectivity index (χ4v) is 8.62. The molecule has 1 nitrogen and oxygen atoms in total. The van der Waals surface area contributed by atoms with Crippen LogP contribution in [0.1, 0.15) is 91.9 Å². The van der Waals surface area contributed by atoms with Crippen LogP contribution in [0.3, 0.4) is 0 Å². The van der Waals surface area contributed by atoms with Crippen molar-refractivity contribution in [2.75, 3.05) is 0 Å². The van der Waals surface area contributed by atoms with Gasteiger partial charge in [-0.05, 0) is 111 Å². The highest BCUT2D eigenvalue weighted by atomic mass is 19.4. The summed E-state index contributed by atoms with van der Waals surface area (Å²) in [6.07, 6.45) is 5.19. The van der Waals surface area contributed by atoms with Crippen molar-refractivity contribution in [1.82, 2.24) is 0 Å². The van der Waals surface area contributed by atoms with Crippen LogP contribution in [0.2, 0.25) is 0 Å². The first-order valence-corrected chi connectivity index (χ1v) is 12.2. The fraction of sp³-hybridized carbons (Fsp3) is 1.00. The van der Waals surface area contributed by atoms with Gasteiger partial charge >= 0.3 is 6.18 Å². The van der Waals surface area contributed by atoms with Crippen molar-refractivity contribution in [2.24, 2.45) is 52.3 Å². The third-order valence-corrected chi connectivity index (χ3v) is 10.6. The molecular formula is C25H41F3O. The molecule has 0 aromatic rings. The van der Waals surface area contributed by atoms with Crippen LogP contribution in [0.25, 0.3) is 0 Å². The van der Waals surface area contributed by atoms with E-state index in [1.807, 2.05) is 0 Å². The maximum absolute atomic E-state index is 13.4. The van der Waals surface area contributed by atoms with E-state index >= 15 is 0 Å². The number of halogens is 3. The first-order valence-electron chi connectivity index (χ1n) is 12.2. The maximum Gasteiger partial charge on any atom is 0.391 e. The van der Waals surface area contributed by atoms with E-state index in [-0.39, 0.29) is 17.4 Å². The largest absolute Gasteiger partial charge is 0.393 e. The van der Waals surface area contributed by atoms with Gasteiger partial charge in [-0.3, -0.25) is 0 Å². The lowest BCUT2D eigenvalue weighted by atomic mass is 9.44. The predicted molar refractivity (Wildman–Crippen MR) is 110 cm³/mol. The van der Waals surface area contributed by atoms with E-state index in [4.69, 9.17) is 0 Å². The Labute approximate surface area is 175 Å². The Morgan fingerprint density at radius 3 is 2.21 bits per heavy atom. The van der Waals surface area contributed by atoms with Crippen LogP contribution >= 0.6 is 0 Å². The Hall–Kier alpha value is -0.250. The molecule has 0 saturated heterocycles. The highest BCUT2D eigenvalue weighted by molar-refractivity contribution is 5.09. The molecule has 0 spiro atoms. The summed E-state index contributed by atoms with van der Waals surface area (Å²) in [6.45, 7) is 9.04. The fourth-order valence-electron chi connectivity index (χ4n) is 8.62. The molecule has 0 aromatic carbocycles. The molecule has 168 valence electrons. The summed E-state index contributed by atoms with van der Waals surface area (Å²) >= 11 is 0. The van der Waals surface area contributed by atoms with Crippen LogP contribution in [0.15, 0.2) is 0 Å². The minimum Gasteiger partial charge on any atom is -0.393 e. The predicted octanol–water partition coefficient (Wildman–Crippen LogP) is 7.23. The van der Waals surface area contributed by atoms with Gasteiger partial charge in [-0.1, -0.05) is 27.7 Å². The molecule has 0 heterocycles. The number of rotatable bonds is 3. The maximum atomic E-state index is 13.4. The third-order valence-electron chi connectivity index (χ3n) is 10.6. The Kier molecular flexibility index (Phi) is 5.62. The molecule has 4 rings (SSSR count). The van der Waals surface area contributed by atoms with Crippen molar-refractivity contribution >= 4 is 0 Å². The van der Waals surface area contributed by atoms with E-state index in [0.717, 1.165) is 25.7 Å². The molecule has 0 amide bonds. The molecule has 4 heteroatoms. The summed E-state index contributed by atoms with van der Waals surface area (Å²) in [5, 5.41) is 10.5. The van der Waals surface area contributed by atoms with Crippen molar-refractivity contribution in [3.63, 3.8) is 0 Å². The summed E-state index contributed by atoms with van der Waals surface area (Å²) in [7, 11) is 0. The molecule has 0 aliphatic heterocycles. The van der Waals surface area contributed by atoms with Gasteiger partial charge in [-0.2, -0.15) is 13.2 Å². The van der Waals surface area contributed by atoms with Gasteiger partial charge in [0.1, 0.15) is 0 Å². The van der Waals surface area contributed by atoms with Crippen LogP contribution in [0.4, 0.5) is 13.2 Å². The van der Waals surface area contributed by atoms with Crippen molar-refractivity contribution in [2.45, 2.75) is 104 Å². The number of hydrogen-bond donors (Lipinski definition) is 1. The molecule has 0 radical (unpaired) electrons. The molecule has 0 bridgehead atoms. The SMILES string of the molecule is CC(C)C(O)CC1CCC2C3CCC4CC(C(F)(F)F)CCC4(C)C3CCC12C. The lowest BCUT2D eigenvalue weighted by Gasteiger charge is -2.61. The highest BCUT2D eigenvalue weighted by Crippen LogP contribution is 2.68. The molecule has 9 atom stereocenters. The van der Waals surface area contributed by atoms with E-state index < -0.39 is 12.1 Å². The van der Waals surface area contributed by atoms with Gasteiger partial charge in [0.25, 0.3) is 0 Å². The molecule has 0 aromatic heterocycles. The van der Waals surface area contributed by atoms with Gasteiger partial charge in [-0.15, -0.1) is 0 Å². The summed E-state index contributed by atoms with van der Waals surface area (Å²) in [4.78, 5) is 0. The normalized spacial score (nSPS) is 48.7. The zero-order chi connectivity index (χ0) is 21.2. The summed E-state index contributed by atoms with van der Waals surface area (Å²) in [5.74, 6) is 2.13. The van der Waals surface area contributed by atoms with Gasteiger partial charge < -0.3 is 5.11 Å². The van der Waals surface area contributed by atoms with Crippen LogP contribution in [-0.4, -0.2) is 17.4 Å². The Morgan fingerprint density at radius 1 is 0.897 bits per heavy atom. The smallest absolute Gasteiger partial charge is 0.391 e. The molecular weight excluding hydrogens is 373 g/mol. The van der Waals surface area contributed by atoms with E-state index in [1.165, 1.54) is 25.7 Å². The van der Waals surface area contributed by atoms with Crippen molar-refractivity contribution in [1.29, 1.82) is 0 Å². The van der Waals surface area contributed by atoms with Crippen LogP contribution in [-0.2, 0) is 0 Å². The second-order valence-corrected chi connectivity index (χ2v) is 12.0. The monoisotopic (exact) mass is 414 g/mol. The topological polar surface area (TPSA) is 20.2 Å². The van der Waals surface area contributed by atoms with Gasteiger partial charge in [0.05, 0.1) is 12.0 Å². The molecule has 9 unspecified atom stereocenters. The molecule has 29 heavy (non-hydrogen) atoms. The quantitative estimate of drug-likeness (QED) is 0.516. The van der Waals surface area contributed by atoms with E-state index in [9.17, 15) is 18.3 Å². The van der Waals surface area contributed by atoms with E-state index in [1.54, 1.807) is 0 Å². The number of fused-ring (bicyclic) bond motifs is 5. The molecule has 1 N–H and O–H groups in total. The van der Waals surface area contributed by atoms with Gasteiger partial charge in [0, 0.05) is 0 Å². The van der Waals surface area contributed by atoms with Crippen molar-refractivity contribution in [3.05, 3.63) is 0 Å². The highest BCUT2D eigenvalue weighted by Gasteiger charge is 2.61. The first-order chi connectivity index (χ1) is 13.5. The number of aliphatic hydroxyl groups is 1. The summed E-state index contributed by atoms with van der Waals surface area (Å²) < 4.78 is 40.1. The van der Waals surface area contributed by atoms with Crippen molar-refractivity contribution in [3.8, 4) is 0 Å². The lowest BCUT2D eigenvalue weighted by molar-refractivity contribution is -0.208. The van der Waals surface area contributed by atoms with E-state index in [0.29, 0.717) is 47.8 Å². The van der Waals surface area contributed by atoms with Crippen LogP contribution in [0, 0.1) is 52.3 Å². The standard InChI is InChI=1S/C25H41F3O/c1-15(2)22(29)14-17-6-8-20-19-7-5-16-13-18(25(26,27)28)9-11-23(16,3)21(19)10-12-24(17,20)4/h15-22,29H,5-14H2,1-4H3. The summed E-state index contributed by atoms with van der Waals surface area (Å²) in [6, 6.07) is 0. The zero-order valence-corrected chi connectivity index (χ0v) is 18.8. The lowest BCUT2D eigenvalue weighted by Crippen LogP contribution is -2.54. The molecule has 4 aliphatic rings. The van der Waals surface area contributed by atoms with Gasteiger partial charge in [-0.25, -0.2) is 0 Å². The molecule has 4 aliphatic carbocycles. The average molecular weight is 415 g/mol. The van der Waals surface area contributed by atoms with Crippen molar-refractivity contribution < 1.29 is 18.3 Å². The van der Waals surface area contributed by atoms with Crippen LogP contribution < -0.4 is 0 Å². The number of hydrogen-bond acceptors (Lipinski definition) is 1. The first kappa shape index (κ1) is 22.0. The molecule has 4 fully saturated rings. The average Bonchev–Trinajstić information content (AvgIpc) is 2.96. The Bertz CT molecular complexity index is 601. The Morgan fingerprint density at radius 2 is 1.55 bits per heavy atom. The minimum atomic E-state index is -4.01. The molecule has 4 saturated carbocycles. The second-order valence-electron chi connectivity index (χ2n) is 12.0. The van der Waals surface area contributed by atoms with Gasteiger partial charge in [0.15, 0.2) is 0 Å².